The van der Waals surface area contributed by atoms with Crippen molar-refractivity contribution in [2.75, 3.05) is 31.1 Å². The smallest absolute Gasteiger partial charge is 0.232 e. The molecule has 1 aliphatic heterocycles. The Bertz CT molecular complexity index is 1590. The van der Waals surface area contributed by atoms with Crippen molar-refractivity contribution in [2.45, 2.75) is 64.5 Å². The molecule has 0 bridgehead atoms. The molecule has 0 unspecified atom stereocenters. The summed E-state index contributed by atoms with van der Waals surface area (Å²) < 4.78 is 1.75. The van der Waals surface area contributed by atoms with E-state index in [2.05, 4.69) is 38.4 Å². The van der Waals surface area contributed by atoms with Crippen LogP contribution in [-0.4, -0.2) is 68.2 Å². The molecule has 0 radical (unpaired) electrons. The highest BCUT2D eigenvalue weighted by atomic mass is 16.2. The molecule has 3 aliphatic rings. The monoisotopic (exact) mass is 580 g/mol. The molecule has 2 atom stereocenters. The quantitative estimate of drug-likeness (QED) is 0.312. The van der Waals surface area contributed by atoms with Crippen molar-refractivity contribution in [3.8, 4) is 11.3 Å². The summed E-state index contributed by atoms with van der Waals surface area (Å²) in [6.45, 7) is 7.17. The summed E-state index contributed by atoms with van der Waals surface area (Å²) in [5.74, 6) is 0.766. The van der Waals surface area contributed by atoms with Crippen molar-refractivity contribution in [1.82, 2.24) is 30.0 Å². The molecule has 43 heavy (non-hydrogen) atoms. The van der Waals surface area contributed by atoms with Gasteiger partial charge in [-0.3, -0.25) is 15.0 Å². The zero-order valence-corrected chi connectivity index (χ0v) is 25.1. The lowest BCUT2D eigenvalue weighted by atomic mass is 9.83. The Hall–Kier alpha value is -4.34. The van der Waals surface area contributed by atoms with E-state index in [0.717, 1.165) is 36.1 Å². The number of carbonyl (C=O) groups excluding carboxylic acids is 2. The second-order valence-corrected chi connectivity index (χ2v) is 12.5. The van der Waals surface area contributed by atoms with Gasteiger partial charge in [0.2, 0.25) is 17.8 Å². The summed E-state index contributed by atoms with van der Waals surface area (Å²) in [5, 5.41) is 16.5. The van der Waals surface area contributed by atoms with Crippen LogP contribution in [0.25, 0.3) is 11.3 Å². The predicted octanol–water partition coefficient (Wildman–Crippen LogP) is 3.28. The van der Waals surface area contributed by atoms with Crippen LogP contribution in [0.2, 0.25) is 0 Å². The number of amides is 2. The lowest BCUT2D eigenvalue weighted by Gasteiger charge is -2.39. The second-order valence-electron chi connectivity index (χ2n) is 12.5. The van der Waals surface area contributed by atoms with Gasteiger partial charge < -0.3 is 15.1 Å². The highest BCUT2D eigenvalue weighted by Gasteiger charge is 2.45. The zero-order valence-electron chi connectivity index (χ0n) is 25.1. The number of rotatable bonds is 8. The van der Waals surface area contributed by atoms with Gasteiger partial charge in [0.05, 0.1) is 16.6 Å². The molecular formula is C33H40N8O2. The number of aromatic nitrogens is 4. The third-order valence-corrected chi connectivity index (χ3v) is 8.94. The molecule has 10 heteroatoms. The van der Waals surface area contributed by atoms with E-state index in [9.17, 15) is 9.59 Å². The third kappa shape index (κ3) is 6.09. The maximum absolute atomic E-state index is 13.6. The van der Waals surface area contributed by atoms with Crippen molar-refractivity contribution < 1.29 is 9.59 Å². The van der Waals surface area contributed by atoms with E-state index in [1.807, 2.05) is 43.0 Å². The number of nitrogens with one attached hydrogen (secondary N) is 2. The Labute approximate surface area is 252 Å². The highest BCUT2D eigenvalue weighted by Crippen LogP contribution is 2.39. The summed E-state index contributed by atoms with van der Waals surface area (Å²) >= 11 is 0. The molecule has 3 aromatic rings. The Balaban J connectivity index is 0.977. The Morgan fingerprint density at radius 2 is 1.70 bits per heavy atom. The molecule has 2 N–H and O–H groups in total. The first-order valence-corrected chi connectivity index (χ1v) is 15.3. The average molecular weight is 581 g/mol. The first-order chi connectivity index (χ1) is 20.7. The minimum atomic E-state index is -0.661. The maximum atomic E-state index is 13.6. The molecule has 2 aromatic heterocycles. The summed E-state index contributed by atoms with van der Waals surface area (Å²) in [6, 6.07) is 12.1. The number of unbranched alkanes of at least 4 members (excludes halogenated alkanes) is 1. The molecule has 1 saturated heterocycles. The van der Waals surface area contributed by atoms with Gasteiger partial charge in [0.15, 0.2) is 0 Å². The lowest BCUT2D eigenvalue weighted by molar-refractivity contribution is -0.139. The number of fused-ring (bicyclic) bond motifs is 3. The Morgan fingerprint density at radius 1 is 0.953 bits per heavy atom. The van der Waals surface area contributed by atoms with Gasteiger partial charge in [0.1, 0.15) is 5.49 Å². The van der Waals surface area contributed by atoms with Crippen LogP contribution in [0.15, 0.2) is 60.9 Å². The maximum Gasteiger partial charge on any atom is 0.232 e. The van der Waals surface area contributed by atoms with Gasteiger partial charge in [-0.05, 0) is 69.2 Å². The first kappa shape index (κ1) is 28.8. The van der Waals surface area contributed by atoms with E-state index in [4.69, 9.17) is 10.5 Å². The van der Waals surface area contributed by atoms with Crippen molar-refractivity contribution >= 4 is 17.8 Å². The van der Waals surface area contributed by atoms with Crippen LogP contribution in [0.1, 0.15) is 50.7 Å². The minimum Gasteiger partial charge on any atom is -0.347 e. The van der Waals surface area contributed by atoms with Crippen LogP contribution < -0.4 is 15.7 Å². The van der Waals surface area contributed by atoms with Crippen LogP contribution in [-0.2, 0) is 29.0 Å². The number of hydrogen-bond acceptors (Lipinski definition) is 7. The number of anilines is 1. The van der Waals surface area contributed by atoms with Gasteiger partial charge in [-0.2, -0.15) is 5.10 Å². The van der Waals surface area contributed by atoms with E-state index in [-0.39, 0.29) is 11.8 Å². The van der Waals surface area contributed by atoms with Crippen LogP contribution in [0.4, 0.5) is 5.95 Å². The van der Waals surface area contributed by atoms with Crippen molar-refractivity contribution in [3.63, 3.8) is 0 Å². The molecule has 0 spiro atoms. The SMILES string of the molecule is C[C@]1(NC(=O)CCCCn2nc3c(cc2=N)CCc2ccccc2-3)C=C[C@@](C)(C(=O)N2CCN(c3ncccn3)CC2)C1. The number of hydrogen-bond donors (Lipinski definition) is 2. The van der Waals surface area contributed by atoms with Crippen LogP contribution >= 0.6 is 0 Å². The third-order valence-electron chi connectivity index (χ3n) is 8.94. The van der Waals surface area contributed by atoms with Gasteiger partial charge in [0, 0.05) is 57.1 Å². The topological polar surface area (TPSA) is 120 Å². The van der Waals surface area contributed by atoms with Gasteiger partial charge in [-0.15, -0.1) is 0 Å². The predicted molar refractivity (Wildman–Crippen MR) is 164 cm³/mol. The van der Waals surface area contributed by atoms with Gasteiger partial charge in [0.25, 0.3) is 0 Å². The van der Waals surface area contributed by atoms with E-state index >= 15 is 0 Å². The van der Waals surface area contributed by atoms with Crippen molar-refractivity contribution in [3.05, 3.63) is 77.6 Å². The average Bonchev–Trinajstić information content (AvgIpc) is 3.34. The van der Waals surface area contributed by atoms with Gasteiger partial charge in [-0.1, -0.05) is 36.4 Å². The lowest BCUT2D eigenvalue weighted by Crippen LogP contribution is -2.53. The fourth-order valence-corrected chi connectivity index (χ4v) is 6.71. The number of nitrogens with zero attached hydrogens (tertiary/aromatic N) is 6. The molecule has 10 nitrogen and oxygen atoms in total. The van der Waals surface area contributed by atoms with Crippen LogP contribution in [0.5, 0.6) is 0 Å². The van der Waals surface area contributed by atoms with Gasteiger partial charge in [-0.25, -0.2) is 14.6 Å². The van der Waals surface area contributed by atoms with Gasteiger partial charge >= 0.3 is 0 Å². The zero-order chi connectivity index (χ0) is 30.0. The molecule has 0 saturated carbocycles. The second kappa shape index (κ2) is 11.7. The molecule has 1 fully saturated rings. The molecular weight excluding hydrogens is 540 g/mol. The van der Waals surface area contributed by atoms with E-state index < -0.39 is 11.0 Å². The van der Waals surface area contributed by atoms with Crippen LogP contribution in [0, 0.1) is 10.8 Å². The molecule has 2 amide bonds. The molecule has 3 heterocycles. The largest absolute Gasteiger partial charge is 0.347 e. The first-order valence-electron chi connectivity index (χ1n) is 15.3. The Morgan fingerprint density at radius 3 is 2.49 bits per heavy atom. The molecule has 1 aromatic carbocycles. The highest BCUT2D eigenvalue weighted by molar-refractivity contribution is 5.86. The summed E-state index contributed by atoms with van der Waals surface area (Å²) in [7, 11) is 0. The van der Waals surface area contributed by atoms with E-state index in [1.165, 1.54) is 5.56 Å². The van der Waals surface area contributed by atoms with E-state index in [0.29, 0.717) is 63.4 Å². The van der Waals surface area contributed by atoms with Crippen LogP contribution in [0.3, 0.4) is 0 Å². The Kier molecular flexibility index (Phi) is 7.85. The number of carbonyl (C=O) groups is 2. The molecule has 224 valence electrons. The van der Waals surface area contributed by atoms with E-state index in [1.54, 1.807) is 23.1 Å². The normalized spacial score (nSPS) is 22.7. The fraction of sp³-hybridized carbons (Fsp3) is 0.455. The summed E-state index contributed by atoms with van der Waals surface area (Å²) in [6.07, 6.45) is 11.7. The fourth-order valence-electron chi connectivity index (χ4n) is 6.71. The number of benzene rings is 1. The minimum absolute atomic E-state index is 0.0243. The summed E-state index contributed by atoms with van der Waals surface area (Å²) in [5.41, 5.74) is 3.74. The molecule has 2 aliphatic carbocycles. The van der Waals surface area contributed by atoms with Crippen molar-refractivity contribution in [2.24, 2.45) is 5.41 Å². The van der Waals surface area contributed by atoms with Crippen molar-refractivity contribution in [1.29, 1.82) is 5.41 Å². The molecule has 6 rings (SSSR count). The standard InChI is InChI=1S/C33H40N8O2/c1-32(30(43)39-18-20-40(21-19-39)31-35-15-7-16-36-31)13-14-33(2,23-32)37-28(42)10-5-6-17-41-27(34)22-25-12-11-24-8-3-4-9-26(24)29(25)38-41/h3-4,7-9,13-16,22,34H,5-6,10-12,17-21,23H2,1-2H3,(H,37,42)/t32-,33+/m1/s1. The number of piperazine rings is 1. The summed E-state index contributed by atoms with van der Waals surface area (Å²) in [4.78, 5) is 39.2. The number of aryl methyl sites for hydroxylation is 3.